The molecule has 1 N–H and O–H groups in total. The topological polar surface area (TPSA) is 55.8 Å². The molecule has 4 nitrogen and oxygen atoms in total. The van der Waals surface area contributed by atoms with Crippen LogP contribution in [0.5, 0.6) is 0 Å². The van der Waals surface area contributed by atoms with Crippen molar-refractivity contribution < 1.29 is 19.4 Å². The Bertz CT molecular complexity index is 754. The molecule has 4 aliphatic rings. The van der Waals surface area contributed by atoms with Gasteiger partial charge in [-0.25, -0.2) is 0 Å². The van der Waals surface area contributed by atoms with Crippen LogP contribution in [0.2, 0.25) is 0 Å². The van der Waals surface area contributed by atoms with E-state index >= 15 is 0 Å². The molecule has 10 atom stereocenters. The lowest BCUT2D eigenvalue weighted by Crippen LogP contribution is -2.54. The van der Waals surface area contributed by atoms with E-state index in [0.29, 0.717) is 22.7 Å². The van der Waals surface area contributed by atoms with E-state index in [-0.39, 0.29) is 18.2 Å². The van der Waals surface area contributed by atoms with Gasteiger partial charge in [0.1, 0.15) is 0 Å². The van der Waals surface area contributed by atoms with Gasteiger partial charge in [-0.2, -0.15) is 0 Å². The Labute approximate surface area is 215 Å². The number of hydrogen-bond acceptors (Lipinski definition) is 4. The SMILES string of the molecule is CC(=O)O[C@@H]([C@H]1C[C@@H](C)C2C(CC3[C@H](CCC4C(C)CCCC4(C)C)CCC[C@@]32C)O1)C(C)(C)O. The van der Waals surface area contributed by atoms with Crippen molar-refractivity contribution in [3.63, 3.8) is 0 Å². The molecule has 1 aliphatic heterocycles. The summed E-state index contributed by atoms with van der Waals surface area (Å²) < 4.78 is 12.4. The molecule has 0 spiro atoms. The zero-order valence-corrected chi connectivity index (χ0v) is 23.9. The van der Waals surface area contributed by atoms with Crippen molar-refractivity contribution in [3.8, 4) is 0 Å². The maximum atomic E-state index is 11.8. The normalized spacial score (nSPS) is 44.3. The summed E-state index contributed by atoms with van der Waals surface area (Å²) in [6.07, 6.45) is 12.3. The minimum absolute atomic E-state index is 0.213. The van der Waals surface area contributed by atoms with Gasteiger partial charge in [0.2, 0.25) is 0 Å². The number of esters is 1. The van der Waals surface area contributed by atoms with E-state index in [1.165, 1.54) is 58.3 Å². The quantitative estimate of drug-likeness (QED) is 0.401. The maximum absolute atomic E-state index is 11.8. The molecule has 202 valence electrons. The smallest absolute Gasteiger partial charge is 0.303 e. The summed E-state index contributed by atoms with van der Waals surface area (Å²) >= 11 is 0. The Morgan fingerprint density at radius 1 is 1.06 bits per heavy atom. The van der Waals surface area contributed by atoms with Gasteiger partial charge in [-0.15, -0.1) is 0 Å². The van der Waals surface area contributed by atoms with Crippen molar-refractivity contribution in [2.24, 2.45) is 46.3 Å². The Morgan fingerprint density at radius 3 is 2.37 bits per heavy atom. The third-order valence-corrected chi connectivity index (χ3v) is 11.3. The maximum Gasteiger partial charge on any atom is 0.303 e. The van der Waals surface area contributed by atoms with Gasteiger partial charge in [0.05, 0.1) is 17.8 Å². The highest BCUT2D eigenvalue weighted by molar-refractivity contribution is 5.66. The van der Waals surface area contributed by atoms with Gasteiger partial charge in [-0.3, -0.25) is 4.79 Å². The highest BCUT2D eigenvalue weighted by Gasteiger charge is 2.60. The van der Waals surface area contributed by atoms with E-state index in [4.69, 9.17) is 9.47 Å². The summed E-state index contributed by atoms with van der Waals surface area (Å²) in [5.74, 6) is 3.96. The number of rotatable bonds is 6. The third-order valence-electron chi connectivity index (χ3n) is 11.3. The average molecular weight is 491 g/mol. The second-order valence-electron chi connectivity index (χ2n) is 14.7. The minimum atomic E-state index is -1.12. The first-order valence-electron chi connectivity index (χ1n) is 14.8. The van der Waals surface area contributed by atoms with E-state index in [9.17, 15) is 9.90 Å². The number of ether oxygens (including phenoxy) is 2. The molecule has 1 heterocycles. The van der Waals surface area contributed by atoms with E-state index in [2.05, 4.69) is 34.6 Å². The number of hydrogen-bond donors (Lipinski definition) is 1. The van der Waals surface area contributed by atoms with Crippen LogP contribution in [0.3, 0.4) is 0 Å². The molecule has 0 amide bonds. The first kappa shape index (κ1) is 27.4. The summed E-state index contributed by atoms with van der Waals surface area (Å²) in [5, 5.41) is 10.8. The van der Waals surface area contributed by atoms with Crippen molar-refractivity contribution in [2.45, 2.75) is 144 Å². The summed E-state index contributed by atoms with van der Waals surface area (Å²) in [7, 11) is 0. The van der Waals surface area contributed by atoms with Crippen molar-refractivity contribution in [2.75, 3.05) is 0 Å². The Morgan fingerprint density at radius 2 is 1.74 bits per heavy atom. The van der Waals surface area contributed by atoms with Gasteiger partial charge < -0.3 is 14.6 Å². The first-order valence-corrected chi connectivity index (χ1v) is 14.8. The fourth-order valence-corrected chi connectivity index (χ4v) is 9.82. The molecule has 0 bridgehead atoms. The molecule has 1 saturated heterocycles. The highest BCUT2D eigenvalue weighted by atomic mass is 16.6. The number of aliphatic hydroxyl groups is 1. The summed E-state index contributed by atoms with van der Waals surface area (Å²) in [6.45, 7) is 17.4. The fraction of sp³-hybridized carbons (Fsp3) is 0.968. The Hall–Kier alpha value is -0.610. The lowest BCUT2D eigenvalue weighted by atomic mass is 9.56. The van der Waals surface area contributed by atoms with Crippen molar-refractivity contribution >= 4 is 5.97 Å². The molecule has 3 aliphatic carbocycles. The number of carbonyl (C=O) groups excluding carboxylic acids is 1. The molecule has 3 saturated carbocycles. The molecular weight excluding hydrogens is 436 g/mol. The van der Waals surface area contributed by atoms with Crippen molar-refractivity contribution in [1.29, 1.82) is 0 Å². The van der Waals surface area contributed by atoms with Gasteiger partial charge in [0.15, 0.2) is 6.10 Å². The van der Waals surface area contributed by atoms with Crippen LogP contribution in [0, 0.1) is 46.3 Å². The molecule has 5 unspecified atom stereocenters. The van der Waals surface area contributed by atoms with E-state index in [1.807, 2.05) is 0 Å². The monoisotopic (exact) mass is 490 g/mol. The van der Waals surface area contributed by atoms with Gasteiger partial charge in [0, 0.05) is 6.92 Å². The predicted octanol–water partition coefficient (Wildman–Crippen LogP) is 7.17. The molecular formula is C31H54O4. The molecule has 4 heteroatoms. The summed E-state index contributed by atoms with van der Waals surface area (Å²) in [5.41, 5.74) is -0.297. The zero-order valence-electron chi connectivity index (χ0n) is 23.9. The molecule has 0 radical (unpaired) electrons. The molecule has 0 aromatic heterocycles. The predicted molar refractivity (Wildman–Crippen MR) is 141 cm³/mol. The average Bonchev–Trinajstić information content (AvgIpc) is 3.03. The Balaban J connectivity index is 1.49. The Kier molecular flexibility index (Phi) is 7.78. The van der Waals surface area contributed by atoms with E-state index in [0.717, 1.165) is 36.5 Å². The fourth-order valence-electron chi connectivity index (χ4n) is 9.82. The summed E-state index contributed by atoms with van der Waals surface area (Å²) in [4.78, 5) is 11.8. The number of carbonyl (C=O) groups is 1. The first-order chi connectivity index (χ1) is 16.2. The number of fused-ring (bicyclic) bond motifs is 3. The van der Waals surface area contributed by atoms with Gasteiger partial charge >= 0.3 is 5.97 Å². The largest absolute Gasteiger partial charge is 0.457 e. The molecule has 35 heavy (non-hydrogen) atoms. The van der Waals surface area contributed by atoms with Crippen LogP contribution in [0.4, 0.5) is 0 Å². The van der Waals surface area contributed by atoms with Crippen molar-refractivity contribution in [1.82, 2.24) is 0 Å². The zero-order chi connectivity index (χ0) is 25.8. The molecule has 0 aromatic carbocycles. The lowest BCUT2D eigenvalue weighted by Gasteiger charge is -2.50. The van der Waals surface area contributed by atoms with E-state index < -0.39 is 11.7 Å². The van der Waals surface area contributed by atoms with Crippen LogP contribution >= 0.6 is 0 Å². The second-order valence-corrected chi connectivity index (χ2v) is 14.7. The molecule has 4 fully saturated rings. The van der Waals surface area contributed by atoms with Crippen LogP contribution < -0.4 is 0 Å². The van der Waals surface area contributed by atoms with Crippen LogP contribution in [0.1, 0.15) is 120 Å². The summed E-state index contributed by atoms with van der Waals surface area (Å²) in [6, 6.07) is 0. The van der Waals surface area contributed by atoms with Crippen LogP contribution in [-0.4, -0.2) is 35.0 Å². The second kappa shape index (κ2) is 9.93. The van der Waals surface area contributed by atoms with Gasteiger partial charge in [0.25, 0.3) is 0 Å². The molecule has 0 aromatic rings. The van der Waals surface area contributed by atoms with Gasteiger partial charge in [-0.1, -0.05) is 60.3 Å². The van der Waals surface area contributed by atoms with E-state index in [1.54, 1.807) is 13.8 Å². The van der Waals surface area contributed by atoms with Crippen LogP contribution in [0.25, 0.3) is 0 Å². The minimum Gasteiger partial charge on any atom is -0.457 e. The van der Waals surface area contributed by atoms with Crippen LogP contribution in [0.15, 0.2) is 0 Å². The van der Waals surface area contributed by atoms with Crippen LogP contribution in [-0.2, 0) is 14.3 Å². The van der Waals surface area contributed by atoms with Crippen molar-refractivity contribution in [3.05, 3.63) is 0 Å². The third kappa shape index (κ3) is 5.35. The highest BCUT2D eigenvalue weighted by Crippen LogP contribution is 2.63. The lowest BCUT2D eigenvalue weighted by molar-refractivity contribution is -0.207. The molecule has 4 rings (SSSR count). The standard InChI is InChI=1S/C31H54O4/c1-19-11-9-15-29(4,5)23(19)14-13-22-12-10-16-31(8)24(22)18-25-27(31)20(2)17-26(35-25)28(30(6,7)33)34-21(3)32/h19-20,22-28,33H,9-18H2,1-8H3/t19?,20-,22+,23?,24?,25?,26-,27?,28+,31+/m1/s1. The van der Waals surface area contributed by atoms with Gasteiger partial charge in [-0.05, 0) is 98.7 Å².